The highest BCUT2D eigenvalue weighted by molar-refractivity contribution is 5.49. The van der Waals surface area contributed by atoms with Gasteiger partial charge in [0.25, 0.3) is 0 Å². The zero-order chi connectivity index (χ0) is 19.5. The zero-order valence-electron chi connectivity index (χ0n) is 17.6. The lowest BCUT2D eigenvalue weighted by molar-refractivity contribution is 0.119. The number of hydrogen-bond donors (Lipinski definition) is 2. The molecule has 4 heteroatoms. The van der Waals surface area contributed by atoms with Crippen molar-refractivity contribution in [3.05, 3.63) is 28.8 Å². The highest BCUT2D eigenvalue weighted by atomic mass is 16.3. The highest BCUT2D eigenvalue weighted by Crippen LogP contribution is 2.40. The fraction of sp³-hybridized carbons (Fsp3) is 0.727. The molecule has 2 N–H and O–H groups in total. The van der Waals surface area contributed by atoms with Gasteiger partial charge in [-0.1, -0.05) is 53.7 Å². The summed E-state index contributed by atoms with van der Waals surface area (Å²) in [6.45, 7) is 19.4. The molecule has 0 spiro atoms. The van der Waals surface area contributed by atoms with E-state index in [2.05, 4.69) is 63.5 Å². The maximum absolute atomic E-state index is 10.9. The lowest BCUT2D eigenvalue weighted by atomic mass is 9.78. The van der Waals surface area contributed by atoms with Gasteiger partial charge in [0.1, 0.15) is 5.75 Å². The average molecular weight is 363 g/mol. The summed E-state index contributed by atoms with van der Waals surface area (Å²) in [6.07, 6.45) is 0.863. The van der Waals surface area contributed by atoms with Gasteiger partial charge in [0.05, 0.1) is 0 Å². The van der Waals surface area contributed by atoms with Crippen LogP contribution in [0.4, 0.5) is 0 Å². The first-order chi connectivity index (χ1) is 12.0. The maximum atomic E-state index is 10.9. The van der Waals surface area contributed by atoms with Crippen molar-refractivity contribution in [2.24, 2.45) is 0 Å². The standard InChI is InChI=1S/C22H38N2O2/c1-21(2,3)18-14-17(15-19(20(18)26)22(4,5)6)16-24-11-9-23(10-12-24)8-7-13-25/h14-15,25-26H,7-13,16H2,1-6H3. The summed E-state index contributed by atoms with van der Waals surface area (Å²) < 4.78 is 0. The Bertz CT molecular complexity index is 556. The second-order valence-corrected chi connectivity index (χ2v) is 9.73. The SMILES string of the molecule is CC(C)(C)c1cc(CN2CCN(CCCO)CC2)cc(C(C)(C)C)c1O. The topological polar surface area (TPSA) is 46.9 Å². The van der Waals surface area contributed by atoms with E-state index < -0.39 is 0 Å². The Labute approximate surface area is 159 Å². The molecule has 0 unspecified atom stereocenters. The van der Waals surface area contributed by atoms with Gasteiger partial charge in [0.15, 0.2) is 0 Å². The monoisotopic (exact) mass is 362 g/mol. The second-order valence-electron chi connectivity index (χ2n) is 9.73. The fourth-order valence-corrected chi connectivity index (χ4v) is 3.65. The molecule has 0 bridgehead atoms. The van der Waals surface area contributed by atoms with Crippen molar-refractivity contribution in [3.8, 4) is 5.75 Å². The van der Waals surface area contributed by atoms with Crippen molar-refractivity contribution in [2.45, 2.75) is 65.3 Å². The van der Waals surface area contributed by atoms with Crippen molar-refractivity contribution in [1.29, 1.82) is 0 Å². The molecule has 1 aromatic rings. The van der Waals surface area contributed by atoms with Crippen molar-refractivity contribution >= 4 is 0 Å². The molecule has 0 aromatic heterocycles. The molecule has 0 amide bonds. The van der Waals surface area contributed by atoms with Crippen LogP contribution in [0.3, 0.4) is 0 Å². The number of aliphatic hydroxyl groups is 1. The van der Waals surface area contributed by atoms with Gasteiger partial charge in [-0.05, 0) is 33.9 Å². The molecule has 1 heterocycles. The molecule has 26 heavy (non-hydrogen) atoms. The molecule has 1 saturated heterocycles. The van der Waals surface area contributed by atoms with E-state index in [-0.39, 0.29) is 17.4 Å². The molecule has 0 radical (unpaired) electrons. The fourth-order valence-electron chi connectivity index (χ4n) is 3.65. The molecule has 0 atom stereocenters. The summed E-state index contributed by atoms with van der Waals surface area (Å²) in [7, 11) is 0. The number of phenolic OH excluding ortho intramolecular Hbond substituents is 1. The van der Waals surface area contributed by atoms with Crippen LogP contribution in [0.25, 0.3) is 0 Å². The van der Waals surface area contributed by atoms with Crippen LogP contribution in [-0.2, 0) is 17.4 Å². The van der Waals surface area contributed by atoms with Gasteiger partial charge in [-0.3, -0.25) is 4.90 Å². The van der Waals surface area contributed by atoms with Crippen LogP contribution in [0.2, 0.25) is 0 Å². The Hall–Kier alpha value is -1.10. The number of aromatic hydroxyl groups is 1. The van der Waals surface area contributed by atoms with Gasteiger partial charge in [0, 0.05) is 45.9 Å². The predicted octanol–water partition coefficient (Wildman–Crippen LogP) is 3.49. The number of benzene rings is 1. The molecule has 4 nitrogen and oxygen atoms in total. The molecule has 1 aliphatic rings. The minimum atomic E-state index is -0.0803. The van der Waals surface area contributed by atoms with Gasteiger partial charge in [-0.25, -0.2) is 0 Å². The van der Waals surface area contributed by atoms with Crippen LogP contribution in [-0.4, -0.2) is 59.3 Å². The Morgan fingerprint density at radius 3 is 1.73 bits per heavy atom. The summed E-state index contributed by atoms with van der Waals surface area (Å²) in [5, 5.41) is 19.9. The molecular formula is C22H38N2O2. The zero-order valence-corrected chi connectivity index (χ0v) is 17.6. The van der Waals surface area contributed by atoms with Gasteiger partial charge >= 0.3 is 0 Å². The maximum Gasteiger partial charge on any atom is 0.123 e. The van der Waals surface area contributed by atoms with Gasteiger partial charge in [-0.2, -0.15) is 0 Å². The van der Waals surface area contributed by atoms with E-state index in [1.165, 1.54) is 5.56 Å². The predicted molar refractivity (Wildman–Crippen MR) is 109 cm³/mol. The molecule has 0 saturated carbocycles. The minimum absolute atomic E-state index is 0.0803. The summed E-state index contributed by atoms with van der Waals surface area (Å²) >= 11 is 0. The number of phenols is 1. The van der Waals surface area contributed by atoms with Crippen LogP contribution in [0.5, 0.6) is 5.75 Å². The quantitative estimate of drug-likeness (QED) is 0.842. The first-order valence-corrected chi connectivity index (χ1v) is 9.95. The number of piperazine rings is 1. The van der Waals surface area contributed by atoms with Gasteiger partial charge < -0.3 is 15.1 Å². The number of aliphatic hydroxyl groups excluding tert-OH is 1. The third kappa shape index (κ3) is 5.45. The van der Waals surface area contributed by atoms with E-state index in [0.29, 0.717) is 5.75 Å². The number of rotatable bonds is 5. The van der Waals surface area contributed by atoms with Gasteiger partial charge in [0.2, 0.25) is 0 Å². The van der Waals surface area contributed by atoms with Crippen LogP contribution in [0, 0.1) is 0 Å². The van der Waals surface area contributed by atoms with Gasteiger partial charge in [-0.15, -0.1) is 0 Å². The molecule has 1 aliphatic heterocycles. The number of hydrogen-bond acceptors (Lipinski definition) is 4. The third-order valence-electron chi connectivity index (χ3n) is 5.29. The van der Waals surface area contributed by atoms with Crippen LogP contribution in [0.1, 0.15) is 64.7 Å². The van der Waals surface area contributed by atoms with E-state index in [9.17, 15) is 5.11 Å². The second kappa shape index (κ2) is 8.28. The average Bonchev–Trinajstić information content (AvgIpc) is 2.53. The Morgan fingerprint density at radius 2 is 1.31 bits per heavy atom. The largest absolute Gasteiger partial charge is 0.507 e. The van der Waals surface area contributed by atoms with E-state index in [0.717, 1.165) is 56.8 Å². The van der Waals surface area contributed by atoms with Crippen LogP contribution < -0.4 is 0 Å². The summed E-state index contributed by atoms with van der Waals surface area (Å²) in [5.41, 5.74) is 3.22. The third-order valence-corrected chi connectivity index (χ3v) is 5.29. The number of nitrogens with zero attached hydrogens (tertiary/aromatic N) is 2. The summed E-state index contributed by atoms with van der Waals surface area (Å²) in [6, 6.07) is 4.39. The van der Waals surface area contributed by atoms with Crippen molar-refractivity contribution in [3.63, 3.8) is 0 Å². The molecule has 1 aromatic carbocycles. The smallest absolute Gasteiger partial charge is 0.123 e. The molecule has 0 aliphatic carbocycles. The van der Waals surface area contributed by atoms with Crippen LogP contribution >= 0.6 is 0 Å². The van der Waals surface area contributed by atoms with E-state index >= 15 is 0 Å². The van der Waals surface area contributed by atoms with Crippen molar-refractivity contribution < 1.29 is 10.2 Å². The molecule has 148 valence electrons. The minimum Gasteiger partial charge on any atom is -0.507 e. The first-order valence-electron chi connectivity index (χ1n) is 9.95. The Morgan fingerprint density at radius 1 is 0.846 bits per heavy atom. The highest BCUT2D eigenvalue weighted by Gasteiger charge is 2.27. The lowest BCUT2D eigenvalue weighted by Gasteiger charge is -2.35. The first kappa shape index (κ1) is 21.2. The summed E-state index contributed by atoms with van der Waals surface area (Å²) in [4.78, 5) is 4.94. The van der Waals surface area contributed by atoms with E-state index in [1.807, 2.05) is 0 Å². The molecule has 1 fully saturated rings. The Kier molecular flexibility index (Phi) is 6.75. The lowest BCUT2D eigenvalue weighted by Crippen LogP contribution is -2.46. The Balaban J connectivity index is 2.17. The van der Waals surface area contributed by atoms with Crippen molar-refractivity contribution in [1.82, 2.24) is 9.80 Å². The molecule has 2 rings (SSSR count). The molecular weight excluding hydrogens is 324 g/mol. The van der Waals surface area contributed by atoms with Crippen LogP contribution in [0.15, 0.2) is 12.1 Å². The normalized spacial score (nSPS) is 17.7. The summed E-state index contributed by atoms with van der Waals surface area (Å²) in [5.74, 6) is 0.461. The van der Waals surface area contributed by atoms with E-state index in [4.69, 9.17) is 5.11 Å². The van der Waals surface area contributed by atoms with Crippen molar-refractivity contribution in [2.75, 3.05) is 39.3 Å². The van der Waals surface area contributed by atoms with E-state index in [1.54, 1.807) is 0 Å².